The van der Waals surface area contributed by atoms with E-state index in [0.717, 1.165) is 10.3 Å². The molecule has 38 heavy (non-hydrogen) atoms. The minimum atomic E-state index is -1.20. The number of benzene rings is 3. The van der Waals surface area contributed by atoms with Gasteiger partial charge in [0.2, 0.25) is 0 Å². The van der Waals surface area contributed by atoms with Crippen LogP contribution < -0.4 is 14.4 Å². The smallest absolute Gasteiger partial charge is 0.301 e. The molecule has 0 radical (unpaired) electrons. The lowest BCUT2D eigenvalue weighted by atomic mass is 9.94. The minimum absolute atomic E-state index is 0.00586. The number of carbonyl (C=O) groups excluding carboxylic acids is 2. The predicted molar refractivity (Wildman–Crippen MR) is 142 cm³/mol. The lowest BCUT2D eigenvalue weighted by Crippen LogP contribution is -2.29. The van der Waals surface area contributed by atoms with Gasteiger partial charge in [0.05, 0.1) is 22.4 Å². The van der Waals surface area contributed by atoms with E-state index < -0.39 is 23.5 Å². The van der Waals surface area contributed by atoms with E-state index >= 15 is 4.39 Å². The van der Waals surface area contributed by atoms with Crippen molar-refractivity contribution in [1.82, 2.24) is 4.98 Å². The number of rotatable bonds is 5. The van der Waals surface area contributed by atoms with Crippen molar-refractivity contribution in [3.05, 3.63) is 88.7 Å². The molecule has 0 bridgehead atoms. The molecule has 6 rings (SSSR count). The third-order valence-electron chi connectivity index (χ3n) is 6.68. The first-order valence-electron chi connectivity index (χ1n) is 12.2. The molecule has 3 heterocycles. The van der Waals surface area contributed by atoms with Gasteiger partial charge in [-0.2, -0.15) is 0 Å². The van der Waals surface area contributed by atoms with Gasteiger partial charge < -0.3 is 14.6 Å². The Bertz CT molecular complexity index is 1650. The van der Waals surface area contributed by atoms with Crippen molar-refractivity contribution < 1.29 is 28.6 Å². The zero-order valence-corrected chi connectivity index (χ0v) is 21.4. The van der Waals surface area contributed by atoms with E-state index in [1.807, 2.05) is 19.9 Å². The zero-order valence-electron chi connectivity index (χ0n) is 20.6. The molecule has 2 aliphatic rings. The van der Waals surface area contributed by atoms with Gasteiger partial charge in [0.1, 0.15) is 35.2 Å². The SMILES string of the molecule is CCOc1ccc2nc(N3C(=O)C(=O)/C(=C(/O)c4ccc5c(c4)C[C@H](C)O5)[C@@H]3c3ccccc3F)sc2c1. The molecule has 0 saturated carbocycles. The Morgan fingerprint density at radius 1 is 1.18 bits per heavy atom. The molecule has 2 aliphatic heterocycles. The highest BCUT2D eigenvalue weighted by molar-refractivity contribution is 7.22. The van der Waals surface area contributed by atoms with Crippen LogP contribution in [-0.2, 0) is 16.0 Å². The van der Waals surface area contributed by atoms with Gasteiger partial charge in [0.15, 0.2) is 5.13 Å². The van der Waals surface area contributed by atoms with Crippen LogP contribution in [0.2, 0.25) is 0 Å². The number of ketones is 1. The Balaban J connectivity index is 1.52. The molecule has 1 fully saturated rings. The summed E-state index contributed by atoms with van der Waals surface area (Å²) in [6.07, 6.45) is 0.644. The number of thiazole rings is 1. The monoisotopic (exact) mass is 530 g/mol. The molecule has 3 aromatic carbocycles. The van der Waals surface area contributed by atoms with Crippen LogP contribution in [0.5, 0.6) is 11.5 Å². The quantitative estimate of drug-likeness (QED) is 0.200. The Kier molecular flexibility index (Phi) is 5.87. The fraction of sp³-hybridized carbons (Fsp3) is 0.207. The van der Waals surface area contributed by atoms with Crippen molar-refractivity contribution in [3.63, 3.8) is 0 Å². The summed E-state index contributed by atoms with van der Waals surface area (Å²) in [5.74, 6) is -1.41. The Hall–Kier alpha value is -4.24. The lowest BCUT2D eigenvalue weighted by Gasteiger charge is -2.23. The summed E-state index contributed by atoms with van der Waals surface area (Å²) in [6, 6.07) is 15.2. The third-order valence-corrected chi connectivity index (χ3v) is 7.70. The largest absolute Gasteiger partial charge is 0.507 e. The number of aliphatic hydroxyl groups is 1. The summed E-state index contributed by atoms with van der Waals surface area (Å²) >= 11 is 1.19. The second kappa shape index (κ2) is 9.25. The molecule has 1 saturated heterocycles. The number of fused-ring (bicyclic) bond motifs is 2. The molecular formula is C29H23FN2O5S. The van der Waals surface area contributed by atoms with Gasteiger partial charge in [-0.15, -0.1) is 0 Å². The van der Waals surface area contributed by atoms with Crippen molar-refractivity contribution in [2.75, 3.05) is 11.5 Å². The summed E-state index contributed by atoms with van der Waals surface area (Å²) in [5.41, 5.74) is 1.73. The van der Waals surface area contributed by atoms with Crippen LogP contribution >= 0.6 is 11.3 Å². The van der Waals surface area contributed by atoms with Gasteiger partial charge in [0.25, 0.3) is 5.78 Å². The summed E-state index contributed by atoms with van der Waals surface area (Å²) < 4.78 is 27.2. The van der Waals surface area contributed by atoms with Gasteiger partial charge >= 0.3 is 5.91 Å². The van der Waals surface area contributed by atoms with E-state index in [0.29, 0.717) is 35.6 Å². The summed E-state index contributed by atoms with van der Waals surface area (Å²) in [6.45, 7) is 4.32. The summed E-state index contributed by atoms with van der Waals surface area (Å²) in [4.78, 5) is 32.7. The molecule has 1 aromatic heterocycles. The van der Waals surface area contributed by atoms with Crippen LogP contribution in [-0.4, -0.2) is 34.5 Å². The molecular weight excluding hydrogens is 507 g/mol. The first-order valence-corrected chi connectivity index (χ1v) is 13.1. The number of hydrogen-bond donors (Lipinski definition) is 1. The van der Waals surface area contributed by atoms with Crippen LogP contribution in [0.25, 0.3) is 16.0 Å². The first-order chi connectivity index (χ1) is 18.4. The molecule has 7 nitrogen and oxygen atoms in total. The molecule has 9 heteroatoms. The van der Waals surface area contributed by atoms with Crippen LogP contribution in [0.4, 0.5) is 9.52 Å². The van der Waals surface area contributed by atoms with E-state index in [-0.39, 0.29) is 28.1 Å². The molecule has 4 aromatic rings. The number of halogens is 1. The zero-order chi connectivity index (χ0) is 26.6. The van der Waals surface area contributed by atoms with Crippen LogP contribution in [0.15, 0.2) is 66.2 Å². The van der Waals surface area contributed by atoms with Crippen molar-refractivity contribution in [3.8, 4) is 11.5 Å². The number of ether oxygens (including phenoxy) is 2. The Morgan fingerprint density at radius 3 is 2.79 bits per heavy atom. The standard InChI is InChI=1S/C29H23FN2O5S/c1-3-36-18-9-10-21-23(14-18)38-29(31-21)32-25(19-6-4-5-7-20(19)30)24(27(34)28(32)35)26(33)16-8-11-22-17(13-16)12-15(2)37-22/h4-11,13-15,25,33H,3,12H2,1-2H3/b26-24+/t15-,25-/m0/s1. The van der Waals surface area contributed by atoms with Crippen LogP contribution in [0, 0.1) is 5.82 Å². The normalized spacial score (nSPS) is 20.1. The fourth-order valence-corrected chi connectivity index (χ4v) is 6.02. The van der Waals surface area contributed by atoms with E-state index in [1.54, 1.807) is 36.4 Å². The minimum Gasteiger partial charge on any atom is -0.507 e. The molecule has 0 aliphatic carbocycles. The average Bonchev–Trinajstić information content (AvgIpc) is 3.56. The average molecular weight is 531 g/mol. The molecule has 1 amide bonds. The number of aromatic nitrogens is 1. The highest BCUT2D eigenvalue weighted by atomic mass is 32.1. The number of anilines is 1. The second-order valence-electron chi connectivity index (χ2n) is 9.20. The van der Waals surface area contributed by atoms with Crippen molar-refractivity contribution in [2.24, 2.45) is 0 Å². The van der Waals surface area contributed by atoms with Gasteiger partial charge in [-0.1, -0.05) is 29.5 Å². The highest BCUT2D eigenvalue weighted by Gasteiger charge is 2.49. The summed E-state index contributed by atoms with van der Waals surface area (Å²) in [5, 5.41) is 11.6. The number of nitrogens with zero attached hydrogens (tertiary/aromatic N) is 2. The fourth-order valence-electron chi connectivity index (χ4n) is 5.00. The maximum absolute atomic E-state index is 15.2. The molecule has 192 valence electrons. The first kappa shape index (κ1) is 24.1. The van der Waals surface area contributed by atoms with Crippen LogP contribution in [0.1, 0.15) is 36.6 Å². The molecule has 1 N–H and O–H groups in total. The van der Waals surface area contributed by atoms with Crippen molar-refractivity contribution >= 4 is 44.1 Å². The molecule has 0 spiro atoms. The van der Waals surface area contributed by atoms with Crippen molar-refractivity contribution in [2.45, 2.75) is 32.4 Å². The number of hydrogen-bond acceptors (Lipinski definition) is 7. The van der Waals surface area contributed by atoms with E-state index in [9.17, 15) is 14.7 Å². The van der Waals surface area contributed by atoms with Crippen molar-refractivity contribution in [1.29, 1.82) is 0 Å². The highest BCUT2D eigenvalue weighted by Crippen LogP contribution is 2.45. The van der Waals surface area contributed by atoms with Crippen LogP contribution in [0.3, 0.4) is 0 Å². The second-order valence-corrected chi connectivity index (χ2v) is 10.2. The number of aliphatic hydroxyl groups excluding tert-OH is 1. The summed E-state index contributed by atoms with van der Waals surface area (Å²) in [7, 11) is 0. The molecule has 2 atom stereocenters. The Morgan fingerprint density at radius 2 is 2.00 bits per heavy atom. The lowest BCUT2D eigenvalue weighted by molar-refractivity contribution is -0.132. The number of carbonyl (C=O) groups is 2. The van der Waals surface area contributed by atoms with Gasteiger partial charge in [-0.25, -0.2) is 9.37 Å². The maximum atomic E-state index is 15.2. The van der Waals surface area contributed by atoms with E-state index in [4.69, 9.17) is 9.47 Å². The van der Waals surface area contributed by atoms with Gasteiger partial charge in [-0.3, -0.25) is 14.5 Å². The Labute approximate surface area is 221 Å². The maximum Gasteiger partial charge on any atom is 0.301 e. The third kappa shape index (κ3) is 3.90. The van der Waals surface area contributed by atoms with E-state index in [2.05, 4.69) is 4.98 Å². The predicted octanol–water partition coefficient (Wildman–Crippen LogP) is 5.78. The molecule has 0 unspecified atom stereocenters. The number of Topliss-reactive ketones (excluding diaryl/α,β-unsaturated/α-hetero) is 1. The van der Waals surface area contributed by atoms with Gasteiger partial charge in [-0.05, 0) is 61.9 Å². The van der Waals surface area contributed by atoms with E-state index in [1.165, 1.54) is 34.4 Å². The topological polar surface area (TPSA) is 89.0 Å². The number of amides is 1. The van der Waals surface area contributed by atoms with Gasteiger partial charge in [0, 0.05) is 17.5 Å².